The molecule has 2 heterocycles. The second-order valence-electron chi connectivity index (χ2n) is 4.77. The van der Waals surface area contributed by atoms with Crippen molar-refractivity contribution in [3.63, 3.8) is 0 Å². The highest BCUT2D eigenvalue weighted by Crippen LogP contribution is 2.44. The Balaban J connectivity index is 0.000000963. The minimum Gasteiger partial charge on any atom is -0.306 e. The van der Waals surface area contributed by atoms with Crippen LogP contribution in [-0.2, 0) is 0 Å². The molecule has 1 aromatic rings. The number of thioether (sulfide) groups is 1. The number of hydrogen-bond acceptors (Lipinski definition) is 2. The van der Waals surface area contributed by atoms with Crippen LogP contribution in [0.25, 0.3) is 0 Å². The number of rotatable bonds is 0. The van der Waals surface area contributed by atoms with Crippen LogP contribution in [0.4, 0.5) is 0 Å². The number of halogens is 1. The van der Waals surface area contributed by atoms with E-state index >= 15 is 0 Å². The highest BCUT2D eigenvalue weighted by Gasteiger charge is 2.33. The van der Waals surface area contributed by atoms with Crippen LogP contribution in [0.3, 0.4) is 0 Å². The average Bonchev–Trinajstić information content (AvgIpc) is 2.29. The molecule has 0 bridgehead atoms. The van der Waals surface area contributed by atoms with Gasteiger partial charge in [0, 0.05) is 23.1 Å². The topological polar surface area (TPSA) is 3.24 Å². The van der Waals surface area contributed by atoms with Crippen molar-refractivity contribution in [3.8, 4) is 0 Å². The summed E-state index contributed by atoms with van der Waals surface area (Å²) in [6.07, 6.45) is 1.38. The summed E-state index contributed by atoms with van der Waals surface area (Å²) in [5.74, 6) is 3.04. The van der Waals surface area contributed by atoms with Gasteiger partial charge >= 0.3 is 0 Å². The zero-order valence-electron chi connectivity index (χ0n) is 9.56. The maximum Gasteiger partial charge on any atom is 0.0107 e. The first-order valence-corrected chi connectivity index (χ1v) is 6.73. The first kappa shape index (κ1) is 12.3. The molecule has 0 aromatic heterocycles. The number of likely N-dealkylation sites (N-methyl/N-ethyl adjacent to an activating group) is 1. The second kappa shape index (κ2) is 4.99. The molecule has 0 unspecified atom stereocenters. The normalized spacial score (nSPS) is 28.8. The molecule has 2 aliphatic heterocycles. The first-order chi connectivity index (χ1) is 7.34. The molecule has 16 heavy (non-hydrogen) atoms. The summed E-state index contributed by atoms with van der Waals surface area (Å²) >= 11 is 2.06. The van der Waals surface area contributed by atoms with Crippen molar-refractivity contribution in [1.82, 2.24) is 4.90 Å². The molecular formula is C13H18ClNS. The summed E-state index contributed by atoms with van der Waals surface area (Å²) in [7, 11) is 2.25. The minimum atomic E-state index is 0. The van der Waals surface area contributed by atoms with Crippen molar-refractivity contribution in [3.05, 3.63) is 29.8 Å². The third kappa shape index (κ3) is 2.11. The van der Waals surface area contributed by atoms with E-state index in [9.17, 15) is 0 Å². The molecule has 2 aliphatic rings. The van der Waals surface area contributed by atoms with Crippen LogP contribution in [-0.4, -0.2) is 30.8 Å². The number of fused-ring (bicyclic) bond motifs is 3. The van der Waals surface area contributed by atoms with Gasteiger partial charge in [0.2, 0.25) is 0 Å². The van der Waals surface area contributed by atoms with Crippen molar-refractivity contribution in [2.45, 2.75) is 17.2 Å². The molecule has 0 amide bonds. The maximum absolute atomic E-state index is 2.48. The standard InChI is InChI=1S/C13H17NS.ClH/c1-14-7-6-10-9-15-13-5-3-2-4-11(13)12(10)8-14;/h2-5,10,12H,6-9H2,1H3;1H/t10-,12-;/m0./s1. The predicted molar refractivity (Wildman–Crippen MR) is 72.8 cm³/mol. The lowest BCUT2D eigenvalue weighted by Gasteiger charge is -2.40. The average molecular weight is 256 g/mol. The lowest BCUT2D eigenvalue weighted by atomic mass is 9.81. The highest BCUT2D eigenvalue weighted by molar-refractivity contribution is 7.99. The van der Waals surface area contributed by atoms with Crippen LogP contribution in [0, 0.1) is 5.92 Å². The lowest BCUT2D eigenvalue weighted by molar-refractivity contribution is 0.198. The molecule has 0 N–H and O–H groups in total. The van der Waals surface area contributed by atoms with E-state index in [0.29, 0.717) is 0 Å². The SMILES string of the molecule is CN1CC[C@H]2CSc3ccccc3[C@H]2C1.Cl. The summed E-state index contributed by atoms with van der Waals surface area (Å²) in [6, 6.07) is 8.97. The second-order valence-corrected chi connectivity index (χ2v) is 5.83. The maximum atomic E-state index is 2.48. The Morgan fingerprint density at radius 3 is 3.00 bits per heavy atom. The third-order valence-electron chi connectivity index (χ3n) is 3.73. The Bertz CT molecular complexity index is 369. The fourth-order valence-corrected chi connectivity index (χ4v) is 4.18. The Hall–Kier alpha value is -0.180. The molecule has 2 atom stereocenters. The van der Waals surface area contributed by atoms with E-state index in [0.717, 1.165) is 11.8 Å². The molecule has 0 saturated carbocycles. The van der Waals surface area contributed by atoms with Crippen molar-refractivity contribution in [2.75, 3.05) is 25.9 Å². The number of benzene rings is 1. The van der Waals surface area contributed by atoms with Gasteiger partial charge < -0.3 is 4.90 Å². The van der Waals surface area contributed by atoms with E-state index in [2.05, 4.69) is 48.0 Å². The van der Waals surface area contributed by atoms with Gasteiger partial charge in [0.05, 0.1) is 0 Å². The fraction of sp³-hybridized carbons (Fsp3) is 0.538. The number of likely N-dealkylation sites (tertiary alicyclic amines) is 1. The van der Waals surface area contributed by atoms with E-state index in [4.69, 9.17) is 0 Å². The van der Waals surface area contributed by atoms with E-state index in [-0.39, 0.29) is 12.4 Å². The molecular weight excluding hydrogens is 238 g/mol. The number of hydrogen-bond donors (Lipinski definition) is 0. The third-order valence-corrected chi connectivity index (χ3v) is 5.01. The van der Waals surface area contributed by atoms with E-state index < -0.39 is 0 Å². The Morgan fingerprint density at radius 1 is 1.31 bits per heavy atom. The Labute approximate surface area is 108 Å². The zero-order chi connectivity index (χ0) is 10.3. The van der Waals surface area contributed by atoms with E-state index in [1.54, 1.807) is 5.56 Å². The molecule has 0 spiro atoms. The molecule has 88 valence electrons. The fourth-order valence-electron chi connectivity index (χ4n) is 2.83. The molecule has 1 saturated heterocycles. The van der Waals surface area contributed by atoms with Gasteiger partial charge in [-0.05, 0) is 37.6 Å². The quantitative estimate of drug-likeness (QED) is 0.700. The van der Waals surface area contributed by atoms with Crippen LogP contribution in [0.1, 0.15) is 17.9 Å². The van der Waals surface area contributed by atoms with Crippen LogP contribution in [0.5, 0.6) is 0 Å². The van der Waals surface area contributed by atoms with Gasteiger partial charge in [0.15, 0.2) is 0 Å². The predicted octanol–water partition coefficient (Wildman–Crippen LogP) is 3.25. The summed E-state index contributed by atoms with van der Waals surface area (Å²) in [5, 5.41) is 0. The Kier molecular flexibility index (Phi) is 3.83. The number of piperidine rings is 1. The van der Waals surface area contributed by atoms with Gasteiger partial charge in [-0.25, -0.2) is 0 Å². The smallest absolute Gasteiger partial charge is 0.0107 e. The van der Waals surface area contributed by atoms with Gasteiger partial charge in [-0.3, -0.25) is 0 Å². The summed E-state index contributed by atoms with van der Waals surface area (Å²) in [5.41, 5.74) is 1.60. The van der Waals surface area contributed by atoms with Crippen molar-refractivity contribution in [2.24, 2.45) is 5.92 Å². The lowest BCUT2D eigenvalue weighted by Crippen LogP contribution is -2.39. The van der Waals surface area contributed by atoms with E-state index in [1.807, 2.05) is 0 Å². The molecule has 0 radical (unpaired) electrons. The van der Waals surface area contributed by atoms with Crippen molar-refractivity contribution < 1.29 is 0 Å². The minimum absolute atomic E-state index is 0. The highest BCUT2D eigenvalue weighted by atomic mass is 35.5. The summed E-state index contributed by atoms with van der Waals surface area (Å²) in [4.78, 5) is 4.00. The molecule has 3 heteroatoms. The first-order valence-electron chi connectivity index (χ1n) is 5.75. The van der Waals surface area contributed by atoms with Gasteiger partial charge in [0.1, 0.15) is 0 Å². The van der Waals surface area contributed by atoms with Crippen LogP contribution < -0.4 is 0 Å². The molecule has 1 fully saturated rings. The van der Waals surface area contributed by atoms with Crippen molar-refractivity contribution in [1.29, 1.82) is 0 Å². The zero-order valence-corrected chi connectivity index (χ0v) is 11.2. The van der Waals surface area contributed by atoms with Crippen LogP contribution >= 0.6 is 24.2 Å². The van der Waals surface area contributed by atoms with Crippen LogP contribution in [0.15, 0.2) is 29.2 Å². The molecule has 3 rings (SSSR count). The van der Waals surface area contributed by atoms with Gasteiger partial charge in [-0.2, -0.15) is 0 Å². The summed E-state index contributed by atoms with van der Waals surface area (Å²) < 4.78 is 0. The van der Waals surface area contributed by atoms with Crippen molar-refractivity contribution >= 4 is 24.2 Å². The molecule has 1 aromatic carbocycles. The van der Waals surface area contributed by atoms with Gasteiger partial charge in [-0.15, -0.1) is 24.2 Å². The molecule has 0 aliphatic carbocycles. The Morgan fingerprint density at radius 2 is 2.12 bits per heavy atom. The van der Waals surface area contributed by atoms with Crippen LogP contribution in [0.2, 0.25) is 0 Å². The van der Waals surface area contributed by atoms with E-state index in [1.165, 1.54) is 30.2 Å². The largest absolute Gasteiger partial charge is 0.306 e. The monoisotopic (exact) mass is 255 g/mol. The molecule has 1 nitrogen and oxygen atoms in total. The van der Waals surface area contributed by atoms with Gasteiger partial charge in [0.25, 0.3) is 0 Å². The summed E-state index contributed by atoms with van der Waals surface area (Å²) in [6.45, 7) is 2.53. The van der Waals surface area contributed by atoms with Gasteiger partial charge in [-0.1, -0.05) is 18.2 Å². The number of nitrogens with zero attached hydrogens (tertiary/aromatic N) is 1.